The Morgan fingerprint density at radius 2 is 1.67 bits per heavy atom. The van der Waals surface area contributed by atoms with Gasteiger partial charge in [-0.2, -0.15) is 0 Å². The number of benzene rings is 1. The number of amides is 1. The van der Waals surface area contributed by atoms with Gasteiger partial charge in [0.15, 0.2) is 5.11 Å². The predicted octanol–water partition coefficient (Wildman–Crippen LogP) is 2.72. The molecule has 6 heteroatoms. The Balaban J connectivity index is 2.60. The highest BCUT2D eigenvalue weighted by Gasteiger charge is 2.10. The zero-order valence-corrected chi connectivity index (χ0v) is 13.4. The van der Waals surface area contributed by atoms with Gasteiger partial charge in [-0.05, 0) is 50.3 Å². The van der Waals surface area contributed by atoms with Crippen molar-refractivity contribution in [3.05, 3.63) is 29.8 Å². The first-order valence-electron chi connectivity index (χ1n) is 6.72. The van der Waals surface area contributed by atoms with Crippen molar-refractivity contribution in [1.29, 1.82) is 0 Å². The minimum atomic E-state index is -0.368. The van der Waals surface area contributed by atoms with Gasteiger partial charge in [0.1, 0.15) is 0 Å². The monoisotopic (exact) mass is 308 g/mol. The van der Waals surface area contributed by atoms with Crippen molar-refractivity contribution in [3.8, 4) is 0 Å². The highest BCUT2D eigenvalue weighted by atomic mass is 32.1. The van der Waals surface area contributed by atoms with Gasteiger partial charge in [-0.1, -0.05) is 13.8 Å². The fourth-order valence-corrected chi connectivity index (χ4v) is 1.61. The van der Waals surface area contributed by atoms with Crippen molar-refractivity contribution in [2.24, 2.45) is 5.92 Å². The van der Waals surface area contributed by atoms with Gasteiger partial charge in [-0.15, -0.1) is 0 Å². The van der Waals surface area contributed by atoms with Crippen LogP contribution in [-0.4, -0.2) is 23.1 Å². The van der Waals surface area contributed by atoms with Gasteiger partial charge in [0.2, 0.25) is 5.91 Å². The van der Waals surface area contributed by atoms with Gasteiger partial charge in [-0.25, -0.2) is 4.79 Å². The molecule has 0 atom stereocenters. The van der Waals surface area contributed by atoms with Gasteiger partial charge < -0.3 is 15.4 Å². The van der Waals surface area contributed by atoms with E-state index in [0.29, 0.717) is 11.3 Å². The molecule has 0 aliphatic carbocycles. The van der Waals surface area contributed by atoms with Gasteiger partial charge >= 0.3 is 5.97 Å². The summed E-state index contributed by atoms with van der Waals surface area (Å²) in [5.74, 6) is -0.658. The lowest BCUT2D eigenvalue weighted by Crippen LogP contribution is -2.36. The van der Waals surface area contributed by atoms with E-state index in [0.717, 1.165) is 0 Å². The van der Waals surface area contributed by atoms with Crippen molar-refractivity contribution in [3.63, 3.8) is 0 Å². The van der Waals surface area contributed by atoms with Crippen molar-refractivity contribution < 1.29 is 14.3 Å². The third-order valence-corrected chi connectivity index (χ3v) is 2.69. The second kappa shape index (κ2) is 7.73. The molecule has 21 heavy (non-hydrogen) atoms. The van der Waals surface area contributed by atoms with Crippen LogP contribution in [0.25, 0.3) is 0 Å². The Morgan fingerprint density at radius 1 is 1.10 bits per heavy atom. The minimum Gasteiger partial charge on any atom is -0.459 e. The molecule has 0 aromatic heterocycles. The number of anilines is 1. The Morgan fingerprint density at radius 3 is 2.14 bits per heavy atom. The maximum Gasteiger partial charge on any atom is 0.338 e. The summed E-state index contributed by atoms with van der Waals surface area (Å²) in [4.78, 5) is 23.2. The minimum absolute atomic E-state index is 0.141. The standard InChI is InChI=1S/C15H20N2O3S/c1-9(2)13(18)17-15(21)16-12-7-5-11(6-8-12)14(19)20-10(3)4/h5-10H,1-4H3,(H2,16,17,18,21). The number of thiocarbonyl (C=S) groups is 1. The maximum absolute atomic E-state index is 11.7. The second-order valence-electron chi connectivity index (χ2n) is 5.13. The van der Waals surface area contributed by atoms with Crippen LogP contribution in [0.15, 0.2) is 24.3 Å². The van der Waals surface area contributed by atoms with E-state index in [1.54, 1.807) is 52.0 Å². The summed E-state index contributed by atoms with van der Waals surface area (Å²) < 4.78 is 5.09. The average Bonchev–Trinajstić information content (AvgIpc) is 2.38. The molecule has 0 aliphatic rings. The molecule has 1 aromatic rings. The molecule has 0 spiro atoms. The van der Waals surface area contributed by atoms with E-state index in [9.17, 15) is 9.59 Å². The average molecular weight is 308 g/mol. The number of ether oxygens (including phenoxy) is 1. The van der Waals surface area contributed by atoms with Crippen LogP contribution >= 0.6 is 12.2 Å². The fraction of sp³-hybridized carbons (Fsp3) is 0.400. The molecule has 0 bridgehead atoms. The van der Waals surface area contributed by atoms with Crippen molar-refractivity contribution >= 4 is 34.9 Å². The third kappa shape index (κ3) is 5.91. The van der Waals surface area contributed by atoms with E-state index in [4.69, 9.17) is 17.0 Å². The molecule has 1 rings (SSSR count). The fourth-order valence-electron chi connectivity index (χ4n) is 1.39. The number of esters is 1. The first kappa shape index (κ1) is 17.1. The summed E-state index contributed by atoms with van der Waals surface area (Å²) in [5.41, 5.74) is 1.15. The van der Waals surface area contributed by atoms with E-state index in [1.807, 2.05) is 0 Å². The number of hydrogen-bond donors (Lipinski definition) is 2. The third-order valence-electron chi connectivity index (χ3n) is 2.48. The number of carbonyl (C=O) groups is 2. The molecule has 0 radical (unpaired) electrons. The van der Waals surface area contributed by atoms with E-state index in [-0.39, 0.29) is 29.0 Å². The van der Waals surface area contributed by atoms with E-state index < -0.39 is 0 Å². The smallest absolute Gasteiger partial charge is 0.338 e. The summed E-state index contributed by atoms with van der Waals surface area (Å²) in [6, 6.07) is 6.68. The van der Waals surface area contributed by atoms with Crippen molar-refractivity contribution in [1.82, 2.24) is 5.32 Å². The molecule has 0 saturated carbocycles. The van der Waals surface area contributed by atoms with Crippen molar-refractivity contribution in [2.45, 2.75) is 33.8 Å². The molecular weight excluding hydrogens is 288 g/mol. The summed E-state index contributed by atoms with van der Waals surface area (Å²) in [5, 5.41) is 5.69. The Kier molecular flexibility index (Phi) is 6.30. The summed E-state index contributed by atoms with van der Waals surface area (Å²) in [6.45, 7) is 7.16. The van der Waals surface area contributed by atoms with Crippen LogP contribution in [0.5, 0.6) is 0 Å². The molecule has 0 aliphatic heterocycles. The number of nitrogens with one attached hydrogen (secondary N) is 2. The molecule has 0 unspecified atom stereocenters. The summed E-state index contributed by atoms with van der Waals surface area (Å²) >= 11 is 5.04. The highest BCUT2D eigenvalue weighted by molar-refractivity contribution is 7.80. The Hall–Kier alpha value is -1.95. The maximum atomic E-state index is 11.7. The van der Waals surface area contributed by atoms with Crippen LogP contribution in [0, 0.1) is 5.92 Å². The van der Waals surface area contributed by atoms with Gasteiger partial charge in [0, 0.05) is 11.6 Å². The van der Waals surface area contributed by atoms with Crippen LogP contribution < -0.4 is 10.6 Å². The van der Waals surface area contributed by atoms with Gasteiger partial charge in [0.25, 0.3) is 0 Å². The summed E-state index contributed by atoms with van der Waals surface area (Å²) in [7, 11) is 0. The molecule has 5 nitrogen and oxygen atoms in total. The molecular formula is C15H20N2O3S. The zero-order valence-electron chi connectivity index (χ0n) is 12.6. The predicted molar refractivity (Wildman–Crippen MR) is 86.2 cm³/mol. The summed E-state index contributed by atoms with van der Waals surface area (Å²) in [6.07, 6.45) is -0.158. The molecule has 0 heterocycles. The quantitative estimate of drug-likeness (QED) is 0.661. The zero-order chi connectivity index (χ0) is 16.0. The Bertz CT molecular complexity index is 524. The topological polar surface area (TPSA) is 67.4 Å². The van der Waals surface area contributed by atoms with E-state index in [2.05, 4.69) is 10.6 Å². The van der Waals surface area contributed by atoms with Gasteiger partial charge in [0.05, 0.1) is 11.7 Å². The first-order chi connectivity index (χ1) is 9.79. The van der Waals surface area contributed by atoms with E-state index in [1.165, 1.54) is 0 Å². The molecule has 1 aromatic carbocycles. The van der Waals surface area contributed by atoms with Gasteiger partial charge in [-0.3, -0.25) is 4.79 Å². The van der Waals surface area contributed by atoms with Crippen LogP contribution in [0.1, 0.15) is 38.1 Å². The lowest BCUT2D eigenvalue weighted by atomic mass is 10.2. The van der Waals surface area contributed by atoms with E-state index >= 15 is 0 Å². The first-order valence-corrected chi connectivity index (χ1v) is 7.13. The van der Waals surface area contributed by atoms with Crippen LogP contribution in [0.4, 0.5) is 5.69 Å². The normalized spacial score (nSPS) is 10.4. The molecule has 1 amide bonds. The number of rotatable bonds is 4. The highest BCUT2D eigenvalue weighted by Crippen LogP contribution is 2.11. The second-order valence-corrected chi connectivity index (χ2v) is 5.54. The molecule has 2 N–H and O–H groups in total. The molecule has 0 fully saturated rings. The van der Waals surface area contributed by atoms with Crippen molar-refractivity contribution in [2.75, 3.05) is 5.32 Å². The van der Waals surface area contributed by atoms with Crippen LogP contribution in [-0.2, 0) is 9.53 Å². The largest absolute Gasteiger partial charge is 0.459 e. The lowest BCUT2D eigenvalue weighted by Gasteiger charge is -2.12. The van der Waals surface area contributed by atoms with Crippen LogP contribution in [0.2, 0.25) is 0 Å². The lowest BCUT2D eigenvalue weighted by molar-refractivity contribution is -0.122. The number of carbonyl (C=O) groups excluding carboxylic acids is 2. The molecule has 114 valence electrons. The SMILES string of the molecule is CC(C)OC(=O)c1ccc(NC(=S)NC(=O)C(C)C)cc1. The molecule has 0 saturated heterocycles. The number of hydrogen-bond acceptors (Lipinski definition) is 4. The Labute approximate surface area is 130 Å². The van der Waals surface area contributed by atoms with Crippen LogP contribution in [0.3, 0.4) is 0 Å².